The standard InChI is InChI=1S/C34H33ClN4O4/c1-19-12-22(18-43-25-10-7-23(35)8-11-25)21(3)26(13-19)31-27(17-36)33(37)38(28-14-24(39(41)42)9-6-20(28)2)29-15-34(4,5)16-30(40)32(29)31/h6-14,31H,15-16,18,37H2,1-5H3. The van der Waals surface area contributed by atoms with E-state index in [4.69, 9.17) is 22.1 Å². The second-order valence-electron chi connectivity index (χ2n) is 12.1. The van der Waals surface area contributed by atoms with Crippen LogP contribution in [0.3, 0.4) is 0 Å². The predicted molar refractivity (Wildman–Crippen MR) is 167 cm³/mol. The van der Waals surface area contributed by atoms with Gasteiger partial charge in [-0.25, -0.2) is 0 Å². The van der Waals surface area contributed by atoms with Crippen LogP contribution in [0.4, 0.5) is 11.4 Å². The van der Waals surface area contributed by atoms with Crippen LogP contribution in [0.5, 0.6) is 5.75 Å². The summed E-state index contributed by atoms with van der Waals surface area (Å²) in [5.41, 5.74) is 12.6. The molecule has 220 valence electrons. The Kier molecular flexibility index (Phi) is 7.80. The Balaban J connectivity index is 1.70. The zero-order valence-electron chi connectivity index (χ0n) is 24.8. The number of ether oxygens (including phenoxy) is 1. The van der Waals surface area contributed by atoms with Gasteiger partial charge in [0.05, 0.1) is 28.2 Å². The minimum Gasteiger partial charge on any atom is -0.489 e. The quantitative estimate of drug-likeness (QED) is 0.228. The van der Waals surface area contributed by atoms with E-state index in [9.17, 15) is 20.2 Å². The molecule has 1 aliphatic heterocycles. The van der Waals surface area contributed by atoms with Gasteiger partial charge in [0.2, 0.25) is 0 Å². The fourth-order valence-electron chi connectivity index (χ4n) is 6.15. The first-order valence-corrected chi connectivity index (χ1v) is 14.4. The average Bonchev–Trinajstić information content (AvgIpc) is 2.93. The number of benzene rings is 3. The number of carbonyl (C=O) groups is 1. The van der Waals surface area contributed by atoms with Crippen molar-refractivity contribution in [1.82, 2.24) is 0 Å². The van der Waals surface area contributed by atoms with Gasteiger partial charge in [-0.15, -0.1) is 0 Å². The molecule has 43 heavy (non-hydrogen) atoms. The molecule has 3 aromatic carbocycles. The highest BCUT2D eigenvalue weighted by molar-refractivity contribution is 6.30. The number of non-ortho nitro benzene ring substituents is 1. The molecule has 1 heterocycles. The lowest BCUT2D eigenvalue weighted by Gasteiger charge is -2.44. The number of nitriles is 1. The van der Waals surface area contributed by atoms with Crippen LogP contribution in [0.2, 0.25) is 5.02 Å². The van der Waals surface area contributed by atoms with Crippen molar-refractivity contribution in [3.05, 3.63) is 120 Å². The van der Waals surface area contributed by atoms with Crippen molar-refractivity contribution in [2.24, 2.45) is 11.1 Å². The molecule has 3 aromatic rings. The molecule has 0 amide bonds. The van der Waals surface area contributed by atoms with Crippen molar-refractivity contribution in [2.45, 2.75) is 60.0 Å². The molecule has 9 heteroatoms. The molecular formula is C34H33ClN4O4. The Morgan fingerprint density at radius 3 is 2.47 bits per heavy atom. The molecule has 0 saturated heterocycles. The van der Waals surface area contributed by atoms with Gasteiger partial charge >= 0.3 is 0 Å². The van der Waals surface area contributed by atoms with Crippen molar-refractivity contribution in [1.29, 1.82) is 5.26 Å². The number of aryl methyl sites for hydroxylation is 2. The van der Waals surface area contributed by atoms with Gasteiger partial charge in [0.15, 0.2) is 5.78 Å². The normalized spacial score (nSPS) is 17.9. The van der Waals surface area contributed by atoms with Gasteiger partial charge in [0, 0.05) is 34.8 Å². The second-order valence-corrected chi connectivity index (χ2v) is 12.5. The Bertz CT molecular complexity index is 1770. The van der Waals surface area contributed by atoms with Crippen molar-refractivity contribution in [3.8, 4) is 11.8 Å². The van der Waals surface area contributed by atoms with E-state index >= 15 is 0 Å². The van der Waals surface area contributed by atoms with Crippen LogP contribution < -0.4 is 15.4 Å². The Hall–Kier alpha value is -4.61. The number of nitrogens with two attached hydrogens (primary N) is 1. The third-order valence-electron chi connectivity index (χ3n) is 8.24. The van der Waals surface area contributed by atoms with E-state index < -0.39 is 10.8 Å². The average molecular weight is 597 g/mol. The molecule has 1 unspecified atom stereocenters. The number of nitrogens with zero attached hydrogens (tertiary/aromatic N) is 3. The topological polar surface area (TPSA) is 122 Å². The highest BCUT2D eigenvalue weighted by atomic mass is 35.5. The number of Topliss-reactive ketones (excluding diaryl/α,β-unsaturated/α-hetero) is 1. The van der Waals surface area contributed by atoms with Gasteiger partial charge in [-0.2, -0.15) is 5.26 Å². The van der Waals surface area contributed by atoms with Crippen LogP contribution in [0.15, 0.2) is 77.3 Å². The number of nitro groups is 1. The molecule has 0 bridgehead atoms. The lowest BCUT2D eigenvalue weighted by molar-refractivity contribution is -0.384. The molecule has 5 rings (SSSR count). The van der Waals surface area contributed by atoms with Gasteiger partial charge in [-0.3, -0.25) is 19.8 Å². The molecule has 2 aliphatic rings. The largest absolute Gasteiger partial charge is 0.489 e. The smallest absolute Gasteiger partial charge is 0.271 e. The number of hydrogen-bond acceptors (Lipinski definition) is 7. The lowest BCUT2D eigenvalue weighted by atomic mass is 9.67. The summed E-state index contributed by atoms with van der Waals surface area (Å²) in [4.78, 5) is 27.0. The molecule has 0 radical (unpaired) electrons. The monoisotopic (exact) mass is 596 g/mol. The first-order valence-electron chi connectivity index (χ1n) is 14.0. The Morgan fingerprint density at radius 2 is 1.81 bits per heavy atom. The van der Waals surface area contributed by atoms with E-state index in [0.29, 0.717) is 40.6 Å². The van der Waals surface area contributed by atoms with Crippen LogP contribution >= 0.6 is 11.6 Å². The van der Waals surface area contributed by atoms with Crippen molar-refractivity contribution in [2.75, 3.05) is 4.90 Å². The zero-order chi connectivity index (χ0) is 31.2. The number of anilines is 1. The summed E-state index contributed by atoms with van der Waals surface area (Å²) in [7, 11) is 0. The molecule has 8 nitrogen and oxygen atoms in total. The minimum atomic E-state index is -0.687. The van der Waals surface area contributed by atoms with Crippen LogP contribution in [0.25, 0.3) is 0 Å². The van der Waals surface area contributed by atoms with E-state index in [-0.39, 0.29) is 34.9 Å². The summed E-state index contributed by atoms with van der Waals surface area (Å²) in [6.45, 7) is 10.1. The molecule has 0 saturated carbocycles. The van der Waals surface area contributed by atoms with E-state index in [1.54, 1.807) is 35.2 Å². The third-order valence-corrected chi connectivity index (χ3v) is 8.50. The summed E-state index contributed by atoms with van der Waals surface area (Å²) < 4.78 is 6.07. The van der Waals surface area contributed by atoms with E-state index in [1.807, 2.05) is 46.8 Å². The maximum atomic E-state index is 14.1. The number of nitro benzene ring substituents is 1. The van der Waals surface area contributed by atoms with Crippen molar-refractivity contribution in [3.63, 3.8) is 0 Å². The summed E-state index contributed by atoms with van der Waals surface area (Å²) in [5.74, 6) is 0.0849. The first kappa shape index (κ1) is 29.9. The summed E-state index contributed by atoms with van der Waals surface area (Å²) in [5, 5.41) is 22.9. The third kappa shape index (κ3) is 5.61. The lowest BCUT2D eigenvalue weighted by Crippen LogP contribution is -2.42. The molecule has 0 spiro atoms. The first-order chi connectivity index (χ1) is 20.3. The number of ketones is 1. The Labute approximate surface area is 256 Å². The van der Waals surface area contributed by atoms with Gasteiger partial charge < -0.3 is 10.5 Å². The maximum absolute atomic E-state index is 14.1. The second kappa shape index (κ2) is 11.2. The van der Waals surface area contributed by atoms with Gasteiger partial charge in [0.25, 0.3) is 5.69 Å². The van der Waals surface area contributed by atoms with Crippen LogP contribution in [-0.2, 0) is 11.4 Å². The molecule has 1 atom stereocenters. The van der Waals surface area contributed by atoms with Crippen LogP contribution in [0, 0.1) is 47.6 Å². The van der Waals surface area contributed by atoms with Gasteiger partial charge in [-0.05, 0) is 79.1 Å². The number of hydrogen-bond donors (Lipinski definition) is 1. The van der Waals surface area contributed by atoms with Crippen molar-refractivity contribution >= 4 is 28.8 Å². The van der Waals surface area contributed by atoms with Crippen LogP contribution in [-0.4, -0.2) is 10.7 Å². The minimum absolute atomic E-state index is 0.0653. The highest BCUT2D eigenvalue weighted by Crippen LogP contribution is 2.51. The zero-order valence-corrected chi connectivity index (χ0v) is 25.6. The number of allylic oxidation sites excluding steroid dienone is 3. The van der Waals surface area contributed by atoms with Gasteiger partial charge in [-0.1, -0.05) is 49.2 Å². The Morgan fingerprint density at radius 1 is 1.12 bits per heavy atom. The molecular weight excluding hydrogens is 564 g/mol. The molecule has 2 N–H and O–H groups in total. The van der Waals surface area contributed by atoms with E-state index in [2.05, 4.69) is 6.07 Å². The molecule has 1 aliphatic carbocycles. The van der Waals surface area contributed by atoms with Gasteiger partial charge in [0.1, 0.15) is 18.2 Å². The highest BCUT2D eigenvalue weighted by Gasteiger charge is 2.45. The number of halogens is 1. The van der Waals surface area contributed by atoms with Crippen LogP contribution in [0.1, 0.15) is 60.4 Å². The summed E-state index contributed by atoms with van der Waals surface area (Å²) in [6.07, 6.45) is 0.809. The SMILES string of the molecule is Cc1cc(COc2ccc(Cl)cc2)c(C)c(C2C(C#N)=C(N)N(c3cc([N+](=O)[O-])ccc3C)C3=C2C(=O)CC(C)(C)C3)c1. The summed E-state index contributed by atoms with van der Waals surface area (Å²) in [6, 6.07) is 18.0. The van der Waals surface area contributed by atoms with E-state index in [0.717, 1.165) is 27.8 Å². The molecule has 0 aromatic heterocycles. The van der Waals surface area contributed by atoms with Crippen molar-refractivity contribution < 1.29 is 14.5 Å². The predicted octanol–water partition coefficient (Wildman–Crippen LogP) is 7.69. The fourth-order valence-corrected chi connectivity index (χ4v) is 6.28. The molecule has 0 fully saturated rings. The number of rotatable bonds is 6. The summed E-state index contributed by atoms with van der Waals surface area (Å²) >= 11 is 6.02. The number of carbonyl (C=O) groups excluding carboxylic acids is 1. The fraction of sp³-hybridized carbons (Fsp3) is 0.294. The van der Waals surface area contributed by atoms with E-state index in [1.165, 1.54) is 12.1 Å². The maximum Gasteiger partial charge on any atom is 0.271 e.